The zero-order valence-electron chi connectivity index (χ0n) is 14.5. The highest BCUT2D eigenvalue weighted by molar-refractivity contribution is 7.58. The monoisotopic (exact) mass is 457 g/mol. The van der Waals surface area contributed by atoms with E-state index >= 15 is 0 Å². The van der Waals surface area contributed by atoms with Gasteiger partial charge in [-0.25, -0.2) is 4.39 Å². The summed E-state index contributed by atoms with van der Waals surface area (Å²) in [5.41, 5.74) is -0.229. The number of halogens is 3. The van der Waals surface area contributed by atoms with Gasteiger partial charge in [0.05, 0.1) is 5.02 Å². The number of carbonyl (C=O) groups is 1. The molecule has 0 spiro atoms. The van der Waals surface area contributed by atoms with Crippen LogP contribution in [0.15, 0.2) is 48.0 Å². The Kier molecular flexibility index (Phi) is 6.28. The minimum Gasteiger partial charge on any atom is -0.344 e. The smallest absolute Gasteiger partial charge is 0.241 e. The summed E-state index contributed by atoms with van der Waals surface area (Å²) in [4.78, 5) is 22.9. The molecule has 1 aromatic heterocycles. The van der Waals surface area contributed by atoms with Crippen molar-refractivity contribution < 1.29 is 18.6 Å². The second-order valence-corrected chi connectivity index (χ2v) is 10.4. The van der Waals surface area contributed by atoms with Crippen LogP contribution in [0.4, 0.5) is 4.39 Å². The number of benzene rings is 2. The Hall–Kier alpha value is -1.69. The van der Waals surface area contributed by atoms with E-state index in [4.69, 9.17) is 23.2 Å². The largest absolute Gasteiger partial charge is 0.344 e. The van der Waals surface area contributed by atoms with Gasteiger partial charge in [-0.1, -0.05) is 29.3 Å². The van der Waals surface area contributed by atoms with Gasteiger partial charge in [-0.3, -0.25) is 9.36 Å². The van der Waals surface area contributed by atoms with Crippen LogP contribution in [-0.2, 0) is 9.36 Å². The van der Waals surface area contributed by atoms with Crippen LogP contribution in [0.5, 0.6) is 0 Å². The lowest BCUT2D eigenvalue weighted by atomic mass is 10.1. The molecule has 2 unspecified atom stereocenters. The van der Waals surface area contributed by atoms with Gasteiger partial charge in [0, 0.05) is 22.6 Å². The third kappa shape index (κ3) is 4.65. The van der Waals surface area contributed by atoms with Crippen molar-refractivity contribution in [2.75, 3.05) is 6.66 Å². The highest BCUT2D eigenvalue weighted by atomic mass is 35.5. The summed E-state index contributed by atoms with van der Waals surface area (Å²) in [6, 6.07) is 9.31. The minimum absolute atomic E-state index is 0.0404. The summed E-state index contributed by atoms with van der Waals surface area (Å²) in [5.74, 6) is -1.17. The van der Waals surface area contributed by atoms with Gasteiger partial charge < -0.3 is 10.2 Å². The molecule has 0 aliphatic carbocycles. The first-order valence-corrected chi connectivity index (χ1v) is 11.9. The molecule has 2 N–H and O–H groups in total. The number of fused-ring (bicyclic) bond motifs is 1. The van der Waals surface area contributed by atoms with E-state index in [2.05, 4.69) is 5.32 Å². The molecule has 1 amide bonds. The molecule has 0 saturated heterocycles. The molecular weight excluding hydrogens is 443 g/mol. The van der Waals surface area contributed by atoms with Gasteiger partial charge in [0.15, 0.2) is 0 Å². The van der Waals surface area contributed by atoms with Gasteiger partial charge in [0.25, 0.3) is 0 Å². The molecule has 146 valence electrons. The normalized spacial score (nSPS) is 14.9. The number of nitrogens with one attached hydrogen (secondary N) is 1. The van der Waals surface area contributed by atoms with Crippen molar-refractivity contribution in [2.45, 2.75) is 5.66 Å². The van der Waals surface area contributed by atoms with Crippen molar-refractivity contribution in [3.8, 4) is 0 Å². The van der Waals surface area contributed by atoms with Gasteiger partial charge in [0.1, 0.15) is 11.5 Å². The van der Waals surface area contributed by atoms with Crippen LogP contribution in [0.25, 0.3) is 16.2 Å². The third-order valence-corrected chi connectivity index (χ3v) is 7.01. The van der Waals surface area contributed by atoms with E-state index in [0.717, 1.165) is 11.4 Å². The standard InChI is InChI=1S/C19H15Cl2FNO3PS/c1-27(25,26)18(14-10-28-17-5-3-12(20)9-13(14)17)19(24)23-7-6-11-2-4-16(22)15(21)8-11/h2-10,18H,1H3,(H,23,24)(H,25,26). The van der Waals surface area contributed by atoms with Crippen molar-refractivity contribution in [2.24, 2.45) is 0 Å². The summed E-state index contributed by atoms with van der Waals surface area (Å²) in [6.45, 7) is 1.15. The van der Waals surface area contributed by atoms with Crippen LogP contribution in [0, 0.1) is 5.82 Å². The zero-order chi connectivity index (χ0) is 20.5. The molecule has 0 aliphatic rings. The van der Waals surface area contributed by atoms with Gasteiger partial charge in [-0.15, -0.1) is 11.3 Å². The highest BCUT2D eigenvalue weighted by Crippen LogP contribution is 2.54. The average Bonchev–Trinajstić information content (AvgIpc) is 3.00. The quantitative estimate of drug-likeness (QED) is 0.456. The molecule has 0 aliphatic heterocycles. The van der Waals surface area contributed by atoms with Crippen molar-refractivity contribution in [1.82, 2.24) is 5.32 Å². The maximum atomic E-state index is 13.2. The van der Waals surface area contributed by atoms with E-state index in [9.17, 15) is 18.6 Å². The highest BCUT2D eigenvalue weighted by Gasteiger charge is 2.36. The topological polar surface area (TPSA) is 66.4 Å². The fraction of sp³-hybridized carbons (Fsp3) is 0.105. The fourth-order valence-electron chi connectivity index (χ4n) is 2.76. The summed E-state index contributed by atoms with van der Waals surface area (Å²) in [6.07, 6.45) is 2.84. The van der Waals surface area contributed by atoms with Crippen molar-refractivity contribution in [1.29, 1.82) is 0 Å². The molecule has 2 aromatic carbocycles. The van der Waals surface area contributed by atoms with Crippen molar-refractivity contribution in [3.05, 3.63) is 75.0 Å². The second-order valence-electron chi connectivity index (χ2n) is 6.19. The molecule has 0 bridgehead atoms. The maximum absolute atomic E-state index is 13.2. The number of carbonyl (C=O) groups excluding carboxylic acids is 1. The Morgan fingerprint density at radius 3 is 2.71 bits per heavy atom. The van der Waals surface area contributed by atoms with Crippen LogP contribution in [0.1, 0.15) is 16.8 Å². The van der Waals surface area contributed by atoms with Crippen LogP contribution >= 0.6 is 41.9 Å². The van der Waals surface area contributed by atoms with E-state index in [1.165, 1.54) is 41.8 Å². The van der Waals surface area contributed by atoms with Gasteiger partial charge >= 0.3 is 0 Å². The minimum atomic E-state index is -3.82. The molecule has 0 fully saturated rings. The first-order valence-electron chi connectivity index (χ1n) is 8.05. The molecule has 9 heteroatoms. The number of rotatable bonds is 5. The summed E-state index contributed by atoms with van der Waals surface area (Å²) >= 11 is 13.1. The van der Waals surface area contributed by atoms with Gasteiger partial charge in [-0.05, 0) is 58.3 Å². The van der Waals surface area contributed by atoms with Crippen LogP contribution in [0.3, 0.4) is 0 Å². The fourth-order valence-corrected chi connectivity index (χ4v) is 5.43. The summed E-state index contributed by atoms with van der Waals surface area (Å²) < 4.78 is 26.6. The molecular formula is C19H15Cl2FNO3PS. The first kappa shape index (κ1) is 21.0. The molecule has 0 saturated carbocycles. The Balaban J connectivity index is 1.88. The maximum Gasteiger partial charge on any atom is 0.241 e. The molecule has 3 aromatic rings. The SMILES string of the molecule is CP(=O)(O)C(C(=O)NC=Cc1ccc(F)c(Cl)c1)c1csc2ccc(Cl)cc12. The van der Waals surface area contributed by atoms with E-state index in [0.29, 0.717) is 21.5 Å². The zero-order valence-corrected chi connectivity index (χ0v) is 17.7. The van der Waals surface area contributed by atoms with Crippen LogP contribution in [0.2, 0.25) is 10.0 Å². The van der Waals surface area contributed by atoms with E-state index in [1.807, 2.05) is 0 Å². The second kappa shape index (κ2) is 8.36. The predicted molar refractivity (Wildman–Crippen MR) is 114 cm³/mol. The molecule has 2 atom stereocenters. The Bertz CT molecular complexity index is 1130. The lowest BCUT2D eigenvalue weighted by molar-refractivity contribution is -0.120. The van der Waals surface area contributed by atoms with Crippen LogP contribution in [-0.4, -0.2) is 17.5 Å². The first-order chi connectivity index (χ1) is 13.2. The Morgan fingerprint density at radius 1 is 1.29 bits per heavy atom. The van der Waals surface area contributed by atoms with E-state index in [1.54, 1.807) is 23.6 Å². The number of thiophene rings is 1. The van der Waals surface area contributed by atoms with Gasteiger partial charge in [0.2, 0.25) is 13.3 Å². The number of amides is 1. The molecule has 28 heavy (non-hydrogen) atoms. The van der Waals surface area contributed by atoms with Crippen molar-refractivity contribution >= 4 is 64.0 Å². The van der Waals surface area contributed by atoms with Crippen molar-refractivity contribution in [3.63, 3.8) is 0 Å². The lowest BCUT2D eigenvalue weighted by Crippen LogP contribution is -2.25. The molecule has 4 nitrogen and oxygen atoms in total. The van der Waals surface area contributed by atoms with E-state index in [-0.39, 0.29) is 5.02 Å². The Labute approximate surface area is 175 Å². The predicted octanol–water partition coefficient (Wildman–Crippen LogP) is 6.08. The molecule has 1 heterocycles. The molecule has 3 rings (SSSR count). The summed E-state index contributed by atoms with van der Waals surface area (Å²) in [5, 5.41) is 5.32. The molecule has 0 radical (unpaired) electrons. The summed E-state index contributed by atoms with van der Waals surface area (Å²) in [7, 11) is -3.82. The number of hydrogen-bond donors (Lipinski definition) is 2. The van der Waals surface area contributed by atoms with Crippen LogP contribution < -0.4 is 5.32 Å². The lowest BCUT2D eigenvalue weighted by Gasteiger charge is -2.18. The average molecular weight is 458 g/mol. The van der Waals surface area contributed by atoms with Gasteiger partial charge in [-0.2, -0.15) is 0 Å². The Morgan fingerprint density at radius 2 is 2.04 bits per heavy atom. The number of hydrogen-bond acceptors (Lipinski definition) is 3. The van der Waals surface area contributed by atoms with E-state index < -0.39 is 24.8 Å². The third-order valence-electron chi connectivity index (χ3n) is 4.03.